The molecule has 1 unspecified atom stereocenters. The molecular formula is C12H16FNO2. The van der Waals surface area contributed by atoms with Gasteiger partial charge in [0.15, 0.2) is 11.6 Å². The van der Waals surface area contributed by atoms with Crippen LogP contribution in [0.2, 0.25) is 0 Å². The lowest BCUT2D eigenvalue weighted by atomic mass is 10.1. The van der Waals surface area contributed by atoms with Gasteiger partial charge < -0.3 is 15.2 Å². The summed E-state index contributed by atoms with van der Waals surface area (Å²) in [5, 5.41) is 12.7. The highest BCUT2D eigenvalue weighted by Gasteiger charge is 2.15. The number of rotatable bonds is 4. The van der Waals surface area contributed by atoms with Gasteiger partial charge in [-0.1, -0.05) is 12.1 Å². The molecule has 88 valence electrons. The van der Waals surface area contributed by atoms with Crippen molar-refractivity contribution in [3.8, 4) is 5.75 Å². The van der Waals surface area contributed by atoms with E-state index in [-0.39, 0.29) is 5.75 Å². The molecule has 1 atom stereocenters. The van der Waals surface area contributed by atoms with E-state index in [9.17, 15) is 9.50 Å². The van der Waals surface area contributed by atoms with Crippen LogP contribution in [0.5, 0.6) is 5.75 Å². The molecule has 16 heavy (non-hydrogen) atoms. The zero-order chi connectivity index (χ0) is 11.4. The number of phenols is 1. The minimum absolute atomic E-state index is 0.252. The van der Waals surface area contributed by atoms with Gasteiger partial charge in [-0.15, -0.1) is 0 Å². The Hall–Kier alpha value is -1.13. The Morgan fingerprint density at radius 3 is 3.12 bits per heavy atom. The topological polar surface area (TPSA) is 41.5 Å². The summed E-state index contributed by atoms with van der Waals surface area (Å²) in [6.45, 7) is 2.95. The van der Waals surface area contributed by atoms with E-state index in [1.54, 1.807) is 12.1 Å². The Morgan fingerprint density at radius 2 is 2.38 bits per heavy atom. The second-order valence-corrected chi connectivity index (χ2v) is 4.11. The zero-order valence-electron chi connectivity index (χ0n) is 9.08. The largest absolute Gasteiger partial charge is 0.505 e. The average molecular weight is 225 g/mol. The predicted octanol–water partition coefficient (Wildman–Crippen LogP) is 1.66. The summed E-state index contributed by atoms with van der Waals surface area (Å²) >= 11 is 0. The molecule has 4 heteroatoms. The van der Waals surface area contributed by atoms with Gasteiger partial charge in [-0.05, 0) is 18.4 Å². The molecule has 1 aromatic carbocycles. The molecule has 1 aliphatic rings. The van der Waals surface area contributed by atoms with Crippen LogP contribution in [0.4, 0.5) is 4.39 Å². The van der Waals surface area contributed by atoms with Gasteiger partial charge in [0, 0.05) is 25.3 Å². The van der Waals surface area contributed by atoms with Crippen molar-refractivity contribution in [2.24, 2.45) is 5.92 Å². The van der Waals surface area contributed by atoms with Crippen molar-refractivity contribution in [1.29, 1.82) is 0 Å². The third-order valence-electron chi connectivity index (χ3n) is 2.84. The highest BCUT2D eigenvalue weighted by Crippen LogP contribution is 2.20. The SMILES string of the molecule is Oc1c(F)cccc1CNCC1CCOC1. The molecule has 0 aliphatic carbocycles. The van der Waals surface area contributed by atoms with Crippen molar-refractivity contribution in [2.45, 2.75) is 13.0 Å². The lowest BCUT2D eigenvalue weighted by Crippen LogP contribution is -2.22. The molecular weight excluding hydrogens is 209 g/mol. The Kier molecular flexibility index (Phi) is 3.74. The van der Waals surface area contributed by atoms with Gasteiger partial charge in [0.2, 0.25) is 0 Å². The number of nitrogens with one attached hydrogen (secondary N) is 1. The number of hydrogen-bond donors (Lipinski definition) is 2. The van der Waals surface area contributed by atoms with Gasteiger partial charge in [0.05, 0.1) is 6.61 Å². The van der Waals surface area contributed by atoms with Crippen LogP contribution < -0.4 is 5.32 Å². The van der Waals surface area contributed by atoms with Crippen molar-refractivity contribution in [3.63, 3.8) is 0 Å². The Morgan fingerprint density at radius 1 is 1.50 bits per heavy atom. The van der Waals surface area contributed by atoms with Gasteiger partial charge in [0.25, 0.3) is 0 Å². The Balaban J connectivity index is 1.82. The van der Waals surface area contributed by atoms with Crippen LogP contribution in [0.1, 0.15) is 12.0 Å². The van der Waals surface area contributed by atoms with Crippen LogP contribution in [-0.4, -0.2) is 24.9 Å². The predicted molar refractivity (Wildman–Crippen MR) is 58.7 cm³/mol. The zero-order valence-corrected chi connectivity index (χ0v) is 9.08. The van der Waals surface area contributed by atoms with E-state index < -0.39 is 5.82 Å². The summed E-state index contributed by atoms with van der Waals surface area (Å²) in [5.41, 5.74) is 0.596. The average Bonchev–Trinajstić information content (AvgIpc) is 2.77. The quantitative estimate of drug-likeness (QED) is 0.818. The van der Waals surface area contributed by atoms with Crippen LogP contribution >= 0.6 is 0 Å². The fourth-order valence-electron chi connectivity index (χ4n) is 1.86. The highest BCUT2D eigenvalue weighted by atomic mass is 19.1. The van der Waals surface area contributed by atoms with Gasteiger partial charge in [0.1, 0.15) is 0 Å². The molecule has 2 rings (SSSR count). The summed E-state index contributed by atoms with van der Waals surface area (Å²) in [6, 6.07) is 4.57. The first-order valence-electron chi connectivity index (χ1n) is 5.52. The second kappa shape index (κ2) is 5.27. The van der Waals surface area contributed by atoms with Crippen LogP contribution in [-0.2, 0) is 11.3 Å². The van der Waals surface area contributed by atoms with Crippen molar-refractivity contribution < 1.29 is 14.2 Å². The minimum atomic E-state index is -0.566. The van der Waals surface area contributed by atoms with E-state index >= 15 is 0 Å². The number of ether oxygens (including phenoxy) is 1. The molecule has 1 aromatic rings. The summed E-state index contributed by atoms with van der Waals surface area (Å²) in [6.07, 6.45) is 1.07. The number of aromatic hydroxyl groups is 1. The normalized spacial score (nSPS) is 20.2. The third kappa shape index (κ3) is 2.71. The van der Waals surface area contributed by atoms with E-state index in [1.165, 1.54) is 6.07 Å². The molecule has 0 amide bonds. The lowest BCUT2D eigenvalue weighted by Gasteiger charge is -2.10. The molecule has 0 bridgehead atoms. The first-order valence-corrected chi connectivity index (χ1v) is 5.52. The van der Waals surface area contributed by atoms with Crippen LogP contribution in [0.3, 0.4) is 0 Å². The molecule has 0 saturated carbocycles. The summed E-state index contributed by atoms with van der Waals surface area (Å²) in [7, 11) is 0. The van der Waals surface area contributed by atoms with Crippen molar-refractivity contribution >= 4 is 0 Å². The number of phenolic OH excluding ortho intramolecular Hbond substituents is 1. The highest BCUT2D eigenvalue weighted by molar-refractivity contribution is 5.33. The number of hydrogen-bond acceptors (Lipinski definition) is 3. The maximum Gasteiger partial charge on any atom is 0.165 e. The maximum absolute atomic E-state index is 13.0. The van der Waals surface area contributed by atoms with Crippen LogP contribution in [0.15, 0.2) is 18.2 Å². The third-order valence-corrected chi connectivity index (χ3v) is 2.84. The van der Waals surface area contributed by atoms with E-state index in [0.717, 1.165) is 26.2 Å². The van der Waals surface area contributed by atoms with Crippen molar-refractivity contribution in [3.05, 3.63) is 29.6 Å². The molecule has 3 nitrogen and oxygen atoms in total. The fourth-order valence-corrected chi connectivity index (χ4v) is 1.86. The van der Waals surface area contributed by atoms with Gasteiger partial charge in [-0.3, -0.25) is 0 Å². The fraction of sp³-hybridized carbons (Fsp3) is 0.500. The molecule has 1 aliphatic heterocycles. The van der Waals surface area contributed by atoms with E-state index in [0.29, 0.717) is 18.0 Å². The first-order chi connectivity index (χ1) is 7.77. The van der Waals surface area contributed by atoms with Gasteiger partial charge in [-0.2, -0.15) is 0 Å². The molecule has 1 fully saturated rings. The molecule has 0 aromatic heterocycles. The Bertz CT molecular complexity index is 351. The molecule has 0 radical (unpaired) electrons. The molecule has 1 heterocycles. The van der Waals surface area contributed by atoms with E-state index in [4.69, 9.17) is 4.74 Å². The van der Waals surface area contributed by atoms with Crippen molar-refractivity contribution in [2.75, 3.05) is 19.8 Å². The monoisotopic (exact) mass is 225 g/mol. The number of halogens is 1. The van der Waals surface area contributed by atoms with E-state index in [1.807, 2.05) is 0 Å². The van der Waals surface area contributed by atoms with Crippen LogP contribution in [0.25, 0.3) is 0 Å². The first kappa shape index (κ1) is 11.4. The number of para-hydroxylation sites is 1. The standard InChI is InChI=1S/C12H16FNO2/c13-11-3-1-2-10(12(11)15)7-14-6-9-4-5-16-8-9/h1-3,9,14-15H,4-8H2. The van der Waals surface area contributed by atoms with Gasteiger partial charge >= 0.3 is 0 Å². The smallest absolute Gasteiger partial charge is 0.165 e. The summed E-state index contributed by atoms with van der Waals surface area (Å²) < 4.78 is 18.3. The minimum Gasteiger partial charge on any atom is -0.505 e. The molecule has 2 N–H and O–H groups in total. The lowest BCUT2D eigenvalue weighted by molar-refractivity contribution is 0.185. The van der Waals surface area contributed by atoms with Gasteiger partial charge in [-0.25, -0.2) is 4.39 Å². The second-order valence-electron chi connectivity index (χ2n) is 4.11. The molecule has 0 spiro atoms. The Labute approximate surface area is 94.2 Å². The van der Waals surface area contributed by atoms with E-state index in [2.05, 4.69) is 5.32 Å². The summed E-state index contributed by atoms with van der Waals surface area (Å²) in [5.74, 6) is -0.281. The van der Waals surface area contributed by atoms with Crippen LogP contribution in [0, 0.1) is 11.7 Å². The number of benzene rings is 1. The summed E-state index contributed by atoms with van der Waals surface area (Å²) in [4.78, 5) is 0. The maximum atomic E-state index is 13.0. The van der Waals surface area contributed by atoms with Crippen molar-refractivity contribution in [1.82, 2.24) is 5.32 Å². The molecule has 1 saturated heterocycles.